The molecule has 1 aromatic heterocycles. The summed E-state index contributed by atoms with van der Waals surface area (Å²) in [7, 11) is 0. The van der Waals surface area contributed by atoms with Gasteiger partial charge >= 0.3 is 0 Å². The molecular weight excluding hydrogens is 218 g/mol. The topological polar surface area (TPSA) is 71.0 Å². The zero-order chi connectivity index (χ0) is 12.3. The third kappa shape index (κ3) is 2.50. The number of aromatic nitrogens is 3. The summed E-state index contributed by atoms with van der Waals surface area (Å²) in [6.07, 6.45) is 4.21. The number of ether oxygens (including phenoxy) is 1. The van der Waals surface area contributed by atoms with E-state index in [1.807, 2.05) is 6.92 Å². The van der Waals surface area contributed by atoms with Crippen LogP contribution in [0.15, 0.2) is 0 Å². The summed E-state index contributed by atoms with van der Waals surface area (Å²) in [6, 6.07) is 0. The lowest BCUT2D eigenvalue weighted by molar-refractivity contribution is -0.0835. The second kappa shape index (κ2) is 5.14. The Hall–Kier alpha value is -0.940. The standard InChI is InChI=1S/C12H21N3O2/c1-3-17-12(6-4-9(2)5-7-12)11-13-10(8-16)14-15-11/h9,16H,3-8H2,1-2H3,(H,13,14,15). The van der Waals surface area contributed by atoms with Crippen LogP contribution in [0.5, 0.6) is 0 Å². The van der Waals surface area contributed by atoms with Crippen molar-refractivity contribution in [1.29, 1.82) is 0 Å². The first kappa shape index (κ1) is 12.5. The molecule has 0 aliphatic heterocycles. The van der Waals surface area contributed by atoms with Crippen LogP contribution < -0.4 is 0 Å². The summed E-state index contributed by atoms with van der Waals surface area (Å²) in [5.74, 6) is 1.97. The first-order valence-corrected chi connectivity index (χ1v) is 6.37. The van der Waals surface area contributed by atoms with E-state index in [-0.39, 0.29) is 12.2 Å². The van der Waals surface area contributed by atoms with Gasteiger partial charge in [-0.05, 0) is 38.5 Å². The molecule has 0 aromatic carbocycles. The van der Waals surface area contributed by atoms with Gasteiger partial charge in [0.1, 0.15) is 18.0 Å². The van der Waals surface area contributed by atoms with Crippen LogP contribution in [0.1, 0.15) is 51.2 Å². The minimum Gasteiger partial charge on any atom is -0.388 e. The Kier molecular flexibility index (Phi) is 3.79. The summed E-state index contributed by atoms with van der Waals surface area (Å²) >= 11 is 0. The fourth-order valence-electron chi connectivity index (χ4n) is 2.51. The Morgan fingerprint density at radius 2 is 2.18 bits per heavy atom. The molecule has 1 heterocycles. The molecule has 1 saturated carbocycles. The Morgan fingerprint density at radius 3 is 2.71 bits per heavy atom. The van der Waals surface area contributed by atoms with Crippen molar-refractivity contribution >= 4 is 0 Å². The summed E-state index contributed by atoms with van der Waals surface area (Å²) in [4.78, 5) is 4.33. The molecule has 1 aromatic rings. The maximum Gasteiger partial charge on any atom is 0.182 e. The van der Waals surface area contributed by atoms with Gasteiger partial charge in [0, 0.05) is 6.61 Å². The number of H-pyrrole nitrogens is 1. The molecule has 1 aliphatic carbocycles. The van der Waals surface area contributed by atoms with Crippen LogP contribution >= 0.6 is 0 Å². The average molecular weight is 239 g/mol. The van der Waals surface area contributed by atoms with Gasteiger partial charge in [0.25, 0.3) is 0 Å². The normalized spacial score (nSPS) is 29.5. The molecule has 0 unspecified atom stereocenters. The minimum atomic E-state index is -0.342. The molecular formula is C12H21N3O2. The molecule has 5 nitrogen and oxygen atoms in total. The van der Waals surface area contributed by atoms with E-state index in [0.717, 1.165) is 31.6 Å². The fourth-order valence-corrected chi connectivity index (χ4v) is 2.51. The molecule has 0 amide bonds. The first-order valence-electron chi connectivity index (χ1n) is 6.37. The number of aromatic amines is 1. The molecule has 0 atom stereocenters. The monoisotopic (exact) mass is 239 g/mol. The zero-order valence-corrected chi connectivity index (χ0v) is 10.6. The van der Waals surface area contributed by atoms with Gasteiger partial charge in [0.2, 0.25) is 0 Å². The van der Waals surface area contributed by atoms with Gasteiger partial charge in [-0.3, -0.25) is 5.10 Å². The van der Waals surface area contributed by atoms with Crippen LogP contribution in [0.2, 0.25) is 0 Å². The average Bonchev–Trinajstić information content (AvgIpc) is 2.82. The van der Waals surface area contributed by atoms with Gasteiger partial charge < -0.3 is 9.84 Å². The van der Waals surface area contributed by atoms with Crippen LogP contribution in [-0.4, -0.2) is 26.9 Å². The smallest absolute Gasteiger partial charge is 0.182 e. The van der Waals surface area contributed by atoms with Crippen molar-refractivity contribution in [2.24, 2.45) is 5.92 Å². The molecule has 1 fully saturated rings. The SMILES string of the molecule is CCOC1(c2n[nH]c(CO)n2)CCC(C)CC1. The predicted octanol–water partition coefficient (Wildman–Crippen LogP) is 1.74. The van der Waals surface area contributed by atoms with Crippen LogP contribution in [-0.2, 0) is 16.9 Å². The first-order chi connectivity index (χ1) is 8.20. The van der Waals surface area contributed by atoms with Gasteiger partial charge in [-0.1, -0.05) is 6.92 Å². The van der Waals surface area contributed by atoms with Crippen molar-refractivity contribution in [3.63, 3.8) is 0 Å². The third-order valence-electron chi connectivity index (χ3n) is 3.59. The van der Waals surface area contributed by atoms with Gasteiger partial charge in [-0.15, -0.1) is 0 Å². The number of aliphatic hydroxyl groups excluding tert-OH is 1. The van der Waals surface area contributed by atoms with E-state index < -0.39 is 0 Å². The second-order valence-electron chi connectivity index (χ2n) is 4.87. The molecule has 17 heavy (non-hydrogen) atoms. The largest absolute Gasteiger partial charge is 0.388 e. The number of nitrogens with one attached hydrogen (secondary N) is 1. The van der Waals surface area contributed by atoms with Crippen LogP contribution in [0, 0.1) is 5.92 Å². The summed E-state index contributed by atoms with van der Waals surface area (Å²) in [5.41, 5.74) is -0.342. The van der Waals surface area contributed by atoms with E-state index in [0.29, 0.717) is 18.3 Å². The second-order valence-corrected chi connectivity index (χ2v) is 4.87. The quantitative estimate of drug-likeness (QED) is 0.839. The Bertz CT molecular complexity index is 356. The van der Waals surface area contributed by atoms with Crippen LogP contribution in [0.4, 0.5) is 0 Å². The Labute approximate surface area is 102 Å². The Morgan fingerprint density at radius 1 is 1.47 bits per heavy atom. The number of hydrogen-bond donors (Lipinski definition) is 2. The Balaban J connectivity index is 2.21. The third-order valence-corrected chi connectivity index (χ3v) is 3.59. The van der Waals surface area contributed by atoms with Crippen molar-refractivity contribution in [2.75, 3.05) is 6.61 Å². The molecule has 2 N–H and O–H groups in total. The molecule has 96 valence electrons. The zero-order valence-electron chi connectivity index (χ0n) is 10.6. The highest BCUT2D eigenvalue weighted by Gasteiger charge is 2.40. The maximum absolute atomic E-state index is 9.03. The van der Waals surface area contributed by atoms with Crippen molar-refractivity contribution in [1.82, 2.24) is 15.2 Å². The molecule has 5 heteroatoms. The molecule has 1 aliphatic rings. The van der Waals surface area contributed by atoms with E-state index in [1.54, 1.807) is 0 Å². The van der Waals surface area contributed by atoms with Crippen LogP contribution in [0.25, 0.3) is 0 Å². The highest BCUT2D eigenvalue weighted by Crippen LogP contribution is 2.40. The van der Waals surface area contributed by atoms with E-state index in [2.05, 4.69) is 22.1 Å². The van der Waals surface area contributed by atoms with Gasteiger partial charge in [0.05, 0.1) is 0 Å². The number of nitrogens with zero attached hydrogens (tertiary/aromatic N) is 2. The van der Waals surface area contributed by atoms with E-state index >= 15 is 0 Å². The lowest BCUT2D eigenvalue weighted by atomic mass is 9.79. The molecule has 0 bridgehead atoms. The van der Waals surface area contributed by atoms with Gasteiger partial charge in [-0.25, -0.2) is 4.98 Å². The van der Waals surface area contributed by atoms with Crippen molar-refractivity contribution in [2.45, 2.75) is 51.7 Å². The van der Waals surface area contributed by atoms with E-state index in [4.69, 9.17) is 9.84 Å². The van der Waals surface area contributed by atoms with Crippen molar-refractivity contribution in [3.8, 4) is 0 Å². The summed E-state index contributed by atoms with van der Waals surface area (Å²) in [6.45, 7) is 4.83. The lowest BCUT2D eigenvalue weighted by Crippen LogP contribution is -2.35. The highest BCUT2D eigenvalue weighted by molar-refractivity contribution is 5.05. The van der Waals surface area contributed by atoms with Crippen LogP contribution in [0.3, 0.4) is 0 Å². The number of hydrogen-bond acceptors (Lipinski definition) is 4. The fraction of sp³-hybridized carbons (Fsp3) is 0.833. The molecule has 0 spiro atoms. The van der Waals surface area contributed by atoms with Gasteiger partial charge in [-0.2, -0.15) is 5.10 Å². The maximum atomic E-state index is 9.03. The van der Waals surface area contributed by atoms with Crippen molar-refractivity contribution in [3.05, 3.63) is 11.6 Å². The minimum absolute atomic E-state index is 0.106. The molecule has 0 saturated heterocycles. The summed E-state index contributed by atoms with van der Waals surface area (Å²) in [5, 5.41) is 16.0. The molecule has 2 rings (SSSR count). The molecule has 0 radical (unpaired) electrons. The summed E-state index contributed by atoms with van der Waals surface area (Å²) < 4.78 is 5.94. The number of aliphatic hydroxyl groups is 1. The van der Waals surface area contributed by atoms with E-state index in [1.165, 1.54) is 0 Å². The van der Waals surface area contributed by atoms with E-state index in [9.17, 15) is 0 Å². The highest BCUT2D eigenvalue weighted by atomic mass is 16.5. The van der Waals surface area contributed by atoms with Gasteiger partial charge in [0.15, 0.2) is 5.82 Å². The van der Waals surface area contributed by atoms with Crippen molar-refractivity contribution < 1.29 is 9.84 Å². The lowest BCUT2D eigenvalue weighted by Gasteiger charge is -2.36. The predicted molar refractivity (Wildman–Crippen MR) is 63.2 cm³/mol. The number of rotatable bonds is 4.